The van der Waals surface area contributed by atoms with Crippen molar-refractivity contribution >= 4 is 44.9 Å². The van der Waals surface area contributed by atoms with Gasteiger partial charge in [0.15, 0.2) is 0 Å². The summed E-state index contributed by atoms with van der Waals surface area (Å²) in [7, 11) is -3.65. The van der Waals surface area contributed by atoms with E-state index in [1.807, 2.05) is 0 Å². The molecule has 5 nitrogen and oxygen atoms in total. The lowest BCUT2D eigenvalue weighted by Gasteiger charge is -2.23. The first kappa shape index (κ1) is 17.1. The molecule has 112 valence electrons. The Balaban J connectivity index is 3.20. The smallest absolute Gasteiger partial charge is 0.326 e. The van der Waals surface area contributed by atoms with Crippen molar-refractivity contribution in [2.75, 3.05) is 23.2 Å². The summed E-state index contributed by atoms with van der Waals surface area (Å²) < 4.78 is 29.9. The third-order valence-electron chi connectivity index (χ3n) is 2.41. The van der Waals surface area contributed by atoms with Crippen LogP contribution in [0.3, 0.4) is 0 Å². The number of anilines is 1. The molecule has 0 heterocycles. The fourth-order valence-corrected chi connectivity index (χ4v) is 3.07. The van der Waals surface area contributed by atoms with Crippen molar-refractivity contribution in [3.8, 4) is 0 Å². The Bertz CT molecular complexity index is 569. The molecule has 1 aromatic rings. The summed E-state index contributed by atoms with van der Waals surface area (Å²) in [6.07, 6.45) is 0. The summed E-state index contributed by atoms with van der Waals surface area (Å²) in [5.74, 6) is -0.795. The summed E-state index contributed by atoms with van der Waals surface area (Å²) in [6.45, 7) is 2.89. The van der Waals surface area contributed by atoms with Crippen molar-refractivity contribution in [2.24, 2.45) is 0 Å². The minimum Gasteiger partial charge on any atom is -0.465 e. The summed E-state index contributed by atoms with van der Waals surface area (Å²) in [5, 5.41) is 0.570. The standard InChI is InChI=1S/C12H15Cl2NO4S/c1-3-19-12(16)8-15(20(17,18)4-2)11-6-9(13)5-10(14)7-11/h5-7H,3-4,8H2,1-2H3. The molecule has 0 atom stereocenters. The maximum Gasteiger partial charge on any atom is 0.326 e. The second-order valence-corrected chi connectivity index (χ2v) is 6.89. The van der Waals surface area contributed by atoms with E-state index in [-0.39, 0.29) is 28.1 Å². The topological polar surface area (TPSA) is 63.7 Å². The Morgan fingerprint density at radius 2 is 1.75 bits per heavy atom. The van der Waals surface area contributed by atoms with Crippen LogP contribution in [-0.4, -0.2) is 33.3 Å². The van der Waals surface area contributed by atoms with Crippen molar-refractivity contribution in [2.45, 2.75) is 13.8 Å². The molecule has 1 aromatic carbocycles. The van der Waals surface area contributed by atoms with Crippen molar-refractivity contribution in [3.05, 3.63) is 28.2 Å². The molecule has 0 aromatic heterocycles. The van der Waals surface area contributed by atoms with Gasteiger partial charge < -0.3 is 4.74 Å². The zero-order valence-electron chi connectivity index (χ0n) is 11.1. The molecule has 0 saturated heterocycles. The number of carbonyl (C=O) groups is 1. The predicted molar refractivity (Wildman–Crippen MR) is 79.9 cm³/mol. The molecule has 1 rings (SSSR count). The minimum absolute atomic E-state index is 0.156. The summed E-state index contributed by atoms with van der Waals surface area (Å²) in [4.78, 5) is 11.6. The van der Waals surface area contributed by atoms with Crippen LogP contribution in [0.4, 0.5) is 5.69 Å². The van der Waals surface area contributed by atoms with Gasteiger partial charge in [0.25, 0.3) is 0 Å². The highest BCUT2D eigenvalue weighted by Gasteiger charge is 2.24. The zero-order valence-corrected chi connectivity index (χ0v) is 13.4. The average molecular weight is 340 g/mol. The lowest BCUT2D eigenvalue weighted by molar-refractivity contribution is -0.141. The second-order valence-electron chi connectivity index (χ2n) is 3.84. The van der Waals surface area contributed by atoms with Crippen LogP contribution < -0.4 is 4.31 Å². The van der Waals surface area contributed by atoms with E-state index in [0.29, 0.717) is 0 Å². The molecular formula is C12H15Cl2NO4S. The van der Waals surface area contributed by atoms with Gasteiger partial charge in [-0.3, -0.25) is 9.10 Å². The predicted octanol–water partition coefficient (Wildman–Crippen LogP) is 2.71. The maximum absolute atomic E-state index is 12.1. The summed E-state index contributed by atoms with van der Waals surface area (Å²) in [6, 6.07) is 4.34. The monoisotopic (exact) mass is 339 g/mol. The lowest BCUT2D eigenvalue weighted by atomic mass is 10.3. The van der Waals surface area contributed by atoms with E-state index in [4.69, 9.17) is 27.9 Å². The number of esters is 1. The third kappa shape index (κ3) is 4.54. The fraction of sp³-hybridized carbons (Fsp3) is 0.417. The van der Waals surface area contributed by atoms with Gasteiger partial charge in [0.2, 0.25) is 10.0 Å². The molecule has 0 fully saturated rings. The van der Waals surface area contributed by atoms with E-state index in [0.717, 1.165) is 4.31 Å². The van der Waals surface area contributed by atoms with Crippen molar-refractivity contribution in [3.63, 3.8) is 0 Å². The normalized spacial score (nSPS) is 11.2. The van der Waals surface area contributed by atoms with Gasteiger partial charge >= 0.3 is 5.97 Å². The van der Waals surface area contributed by atoms with E-state index >= 15 is 0 Å². The second kappa shape index (κ2) is 7.15. The van der Waals surface area contributed by atoms with Gasteiger partial charge in [0.05, 0.1) is 18.0 Å². The van der Waals surface area contributed by atoms with Crippen LogP contribution in [0.5, 0.6) is 0 Å². The minimum atomic E-state index is -3.65. The molecule has 8 heteroatoms. The van der Waals surface area contributed by atoms with Crippen LogP contribution in [-0.2, 0) is 19.6 Å². The Morgan fingerprint density at radius 1 is 1.20 bits per heavy atom. The molecule has 20 heavy (non-hydrogen) atoms. The van der Waals surface area contributed by atoms with Crippen LogP contribution in [0, 0.1) is 0 Å². The number of nitrogens with zero attached hydrogens (tertiary/aromatic N) is 1. The molecule has 0 saturated carbocycles. The van der Waals surface area contributed by atoms with E-state index in [1.165, 1.54) is 25.1 Å². The van der Waals surface area contributed by atoms with E-state index < -0.39 is 22.5 Å². The third-order valence-corrected chi connectivity index (χ3v) is 4.59. The number of ether oxygens (including phenoxy) is 1. The Morgan fingerprint density at radius 3 is 2.20 bits per heavy atom. The molecular weight excluding hydrogens is 325 g/mol. The molecule has 0 aliphatic carbocycles. The van der Waals surface area contributed by atoms with Gasteiger partial charge in [0, 0.05) is 10.0 Å². The van der Waals surface area contributed by atoms with E-state index in [2.05, 4.69) is 0 Å². The van der Waals surface area contributed by atoms with E-state index in [1.54, 1.807) is 6.92 Å². The Kier molecular flexibility index (Phi) is 6.10. The van der Waals surface area contributed by atoms with Crippen LogP contribution in [0.1, 0.15) is 13.8 Å². The van der Waals surface area contributed by atoms with E-state index in [9.17, 15) is 13.2 Å². The highest BCUT2D eigenvalue weighted by atomic mass is 35.5. The summed E-state index contributed by atoms with van der Waals surface area (Å²) >= 11 is 11.7. The van der Waals surface area contributed by atoms with Gasteiger partial charge in [-0.2, -0.15) is 0 Å². The summed E-state index contributed by atoms with van der Waals surface area (Å²) in [5.41, 5.74) is 0.234. The van der Waals surface area contributed by atoms with Crippen molar-refractivity contribution < 1.29 is 17.9 Å². The van der Waals surface area contributed by atoms with Crippen LogP contribution in [0.25, 0.3) is 0 Å². The lowest BCUT2D eigenvalue weighted by Crippen LogP contribution is -2.37. The molecule has 0 unspecified atom stereocenters. The van der Waals surface area contributed by atoms with Gasteiger partial charge in [0.1, 0.15) is 6.54 Å². The van der Waals surface area contributed by atoms with Gasteiger partial charge in [-0.25, -0.2) is 8.42 Å². The van der Waals surface area contributed by atoms with Gasteiger partial charge in [-0.05, 0) is 32.0 Å². The highest BCUT2D eigenvalue weighted by molar-refractivity contribution is 7.92. The fourth-order valence-electron chi connectivity index (χ4n) is 1.51. The quantitative estimate of drug-likeness (QED) is 0.747. The highest BCUT2D eigenvalue weighted by Crippen LogP contribution is 2.27. The van der Waals surface area contributed by atoms with Crippen LogP contribution in [0.15, 0.2) is 18.2 Å². The zero-order chi connectivity index (χ0) is 15.3. The Hall–Kier alpha value is -0.980. The average Bonchev–Trinajstić information content (AvgIpc) is 2.35. The number of halogens is 2. The molecule has 0 radical (unpaired) electrons. The van der Waals surface area contributed by atoms with Gasteiger partial charge in [-0.15, -0.1) is 0 Å². The number of carbonyl (C=O) groups excluding carboxylic acids is 1. The molecule has 0 aliphatic rings. The number of sulfonamides is 1. The first-order chi connectivity index (χ1) is 9.30. The first-order valence-corrected chi connectivity index (χ1v) is 8.28. The Labute approximate surface area is 128 Å². The number of hydrogen-bond acceptors (Lipinski definition) is 4. The first-order valence-electron chi connectivity index (χ1n) is 5.92. The van der Waals surface area contributed by atoms with Crippen LogP contribution in [0.2, 0.25) is 10.0 Å². The number of benzene rings is 1. The van der Waals surface area contributed by atoms with Gasteiger partial charge in [-0.1, -0.05) is 23.2 Å². The molecule has 0 aliphatic heterocycles. The number of hydrogen-bond donors (Lipinski definition) is 0. The maximum atomic E-state index is 12.1. The van der Waals surface area contributed by atoms with Crippen molar-refractivity contribution in [1.29, 1.82) is 0 Å². The largest absolute Gasteiger partial charge is 0.465 e. The van der Waals surface area contributed by atoms with Crippen LogP contribution >= 0.6 is 23.2 Å². The molecule has 0 amide bonds. The SMILES string of the molecule is CCOC(=O)CN(c1cc(Cl)cc(Cl)c1)S(=O)(=O)CC. The number of rotatable bonds is 6. The van der Waals surface area contributed by atoms with Crippen molar-refractivity contribution in [1.82, 2.24) is 0 Å². The molecule has 0 spiro atoms. The molecule has 0 bridgehead atoms. The molecule has 0 N–H and O–H groups in total.